The van der Waals surface area contributed by atoms with Crippen molar-refractivity contribution >= 4 is 17.2 Å². The minimum atomic E-state index is -4.44. The van der Waals surface area contributed by atoms with Gasteiger partial charge in [-0.2, -0.15) is 22.8 Å². The van der Waals surface area contributed by atoms with Crippen molar-refractivity contribution in [3.63, 3.8) is 0 Å². The minimum absolute atomic E-state index is 0.00434. The van der Waals surface area contributed by atoms with Crippen LogP contribution in [-0.2, 0) is 0 Å². The fourth-order valence-electron chi connectivity index (χ4n) is 5.57. The Morgan fingerprint density at radius 2 is 1.30 bits per heavy atom. The van der Waals surface area contributed by atoms with Gasteiger partial charge in [0.25, 0.3) is 12.9 Å². The highest BCUT2D eigenvalue weighted by molar-refractivity contribution is 6.08. The van der Waals surface area contributed by atoms with Gasteiger partial charge in [0.2, 0.25) is 5.78 Å². The number of nitriles is 1. The maximum absolute atomic E-state index is 13.8. The van der Waals surface area contributed by atoms with E-state index in [0.717, 1.165) is 54.6 Å². The van der Waals surface area contributed by atoms with E-state index in [9.17, 15) is 58.2 Å². The summed E-state index contributed by atoms with van der Waals surface area (Å²) in [5, 5.41) is 18.6. The van der Waals surface area contributed by atoms with E-state index >= 15 is 0 Å². The third kappa shape index (κ3) is 6.79. The number of carbonyl (C=O) groups is 1. The average Bonchev–Trinajstić information content (AvgIpc) is 3.40. The van der Waals surface area contributed by atoms with Crippen LogP contribution in [0.1, 0.15) is 75.0 Å². The maximum atomic E-state index is 13.8. The highest BCUT2D eigenvalue weighted by Gasteiger charge is 2.59. The number of hydrogen-bond donors (Lipinski definition) is 1. The van der Waals surface area contributed by atoms with Crippen LogP contribution in [0.15, 0.2) is 60.7 Å². The van der Waals surface area contributed by atoms with Gasteiger partial charge in [0.15, 0.2) is 23.7 Å². The van der Waals surface area contributed by atoms with Crippen LogP contribution in [0, 0.1) is 30.3 Å². The lowest BCUT2D eigenvalue weighted by Crippen LogP contribution is -2.26. The number of benzene rings is 4. The Balaban J connectivity index is 0.000000204. The number of carbonyl (C=O) groups excluding carboxylic acids is 1. The minimum Gasteiger partial charge on any atom is -0.458 e. The fourth-order valence-corrected chi connectivity index (χ4v) is 5.57. The molecule has 0 saturated heterocycles. The molecule has 4 aromatic rings. The summed E-state index contributed by atoms with van der Waals surface area (Å²) >= 11 is 0. The SMILES string of the molecule is [C-]#[N+]c1cc(C#N)cc(Oc2ccc3c(c2C(F)F)C(=O)C(F)(F)C3F)c1.[C-]#[N+]c1cc(F)cc(Oc2ccc3c(c2C(F)F)C(O)C(F)(F)C3F)c1. The summed E-state index contributed by atoms with van der Waals surface area (Å²) < 4.78 is 160. The van der Waals surface area contributed by atoms with Crippen LogP contribution >= 0.6 is 0 Å². The predicted molar refractivity (Wildman–Crippen MR) is 160 cm³/mol. The van der Waals surface area contributed by atoms with E-state index in [2.05, 4.69) is 9.69 Å². The smallest absolute Gasteiger partial charge is 0.344 e. The number of rotatable bonds is 6. The number of aliphatic hydroxyl groups is 1. The third-order valence-corrected chi connectivity index (χ3v) is 7.92. The molecule has 6 rings (SSSR count). The molecule has 7 nitrogen and oxygen atoms in total. The van der Waals surface area contributed by atoms with Gasteiger partial charge in [0.1, 0.15) is 34.9 Å². The van der Waals surface area contributed by atoms with Crippen LogP contribution in [0.2, 0.25) is 0 Å². The van der Waals surface area contributed by atoms with Gasteiger partial charge in [-0.15, -0.1) is 0 Å². The molecule has 0 fully saturated rings. The van der Waals surface area contributed by atoms with Crippen molar-refractivity contribution in [3.05, 3.63) is 128 Å². The number of ketones is 1. The molecule has 0 radical (unpaired) electrons. The van der Waals surface area contributed by atoms with Crippen molar-refractivity contribution in [1.29, 1.82) is 5.26 Å². The van der Waals surface area contributed by atoms with E-state index < -0.39 is 99.6 Å². The van der Waals surface area contributed by atoms with Crippen LogP contribution < -0.4 is 9.47 Å². The molecule has 53 heavy (non-hydrogen) atoms. The zero-order chi connectivity index (χ0) is 39.2. The Labute approximate surface area is 290 Å². The molecule has 0 aromatic heterocycles. The van der Waals surface area contributed by atoms with E-state index in [4.69, 9.17) is 27.9 Å². The van der Waals surface area contributed by atoms with Gasteiger partial charge in [-0.25, -0.2) is 40.4 Å². The van der Waals surface area contributed by atoms with Gasteiger partial charge in [-0.05, 0) is 48.0 Å². The van der Waals surface area contributed by atoms with Crippen molar-refractivity contribution in [1.82, 2.24) is 0 Å². The molecule has 1 N–H and O–H groups in total. The molecular formula is C35H16F11N3O4. The van der Waals surface area contributed by atoms with Gasteiger partial charge in [0, 0.05) is 28.3 Å². The van der Waals surface area contributed by atoms with Crippen LogP contribution in [0.3, 0.4) is 0 Å². The summed E-state index contributed by atoms with van der Waals surface area (Å²) in [7, 11) is 0. The Morgan fingerprint density at radius 1 is 0.774 bits per heavy atom. The van der Waals surface area contributed by atoms with Gasteiger partial charge >= 0.3 is 11.8 Å². The molecule has 3 atom stereocenters. The number of ether oxygens (including phenoxy) is 2. The van der Waals surface area contributed by atoms with Crippen molar-refractivity contribution in [2.24, 2.45) is 0 Å². The second kappa shape index (κ2) is 14.1. The monoisotopic (exact) mass is 751 g/mol. The Morgan fingerprint density at radius 3 is 1.85 bits per heavy atom. The first-order valence-electron chi connectivity index (χ1n) is 14.5. The van der Waals surface area contributed by atoms with Crippen LogP contribution in [0.25, 0.3) is 9.69 Å². The average molecular weight is 752 g/mol. The summed E-state index contributed by atoms with van der Waals surface area (Å²) in [5.41, 5.74) is -6.10. The molecule has 0 saturated carbocycles. The Kier molecular flexibility index (Phi) is 10.1. The normalized spacial score (nSPS) is 19.0. The first-order chi connectivity index (χ1) is 24.9. The summed E-state index contributed by atoms with van der Waals surface area (Å²) in [6.45, 7) is 13.8. The fraction of sp³-hybridized carbons (Fsp3) is 0.200. The number of alkyl halides is 10. The molecular weight excluding hydrogens is 735 g/mol. The van der Waals surface area contributed by atoms with Gasteiger partial charge in [-0.3, -0.25) is 4.79 Å². The van der Waals surface area contributed by atoms with E-state index in [-0.39, 0.29) is 28.4 Å². The summed E-state index contributed by atoms with van der Waals surface area (Å²) in [5.74, 6) is -13.4. The lowest BCUT2D eigenvalue weighted by atomic mass is 10.0. The third-order valence-electron chi connectivity index (χ3n) is 7.92. The van der Waals surface area contributed by atoms with Crippen LogP contribution in [0.5, 0.6) is 23.0 Å². The quantitative estimate of drug-likeness (QED) is 0.157. The molecule has 18 heteroatoms. The topological polar surface area (TPSA) is 88.3 Å². The molecule has 0 spiro atoms. The summed E-state index contributed by atoms with van der Waals surface area (Å²) in [6, 6.07) is 11.3. The number of nitrogens with zero attached hydrogens (tertiary/aromatic N) is 3. The van der Waals surface area contributed by atoms with Gasteiger partial charge in [0.05, 0.1) is 30.3 Å². The number of halogens is 11. The molecule has 3 unspecified atom stereocenters. The first kappa shape index (κ1) is 38.1. The van der Waals surface area contributed by atoms with Crippen molar-refractivity contribution in [2.45, 2.75) is 43.1 Å². The molecule has 4 aromatic carbocycles. The second-order valence-corrected chi connectivity index (χ2v) is 11.2. The molecule has 2 aliphatic rings. The molecule has 2 aliphatic carbocycles. The van der Waals surface area contributed by atoms with Gasteiger partial charge < -0.3 is 14.6 Å². The standard InChI is InChI=1S/C18H7F5N2O2.C17H9F6NO2/c1-25-9-4-8(7-24)5-10(6-9)27-12-3-2-11-13(14(12)17(20)21)16(26)18(22,23)15(11)19;1-24-8-4-7(18)5-9(6-8)26-11-3-2-10-12(13(11)16(20)21)15(25)17(22,23)14(10)19/h2-6,15,17H;2-6,14-16,25H. The molecule has 0 aliphatic heterocycles. The Hall–Kier alpha value is -6.19. The van der Waals surface area contributed by atoms with E-state index in [1.54, 1.807) is 6.07 Å². The van der Waals surface area contributed by atoms with E-state index in [1.807, 2.05) is 0 Å². The zero-order valence-corrected chi connectivity index (χ0v) is 25.8. The highest BCUT2D eigenvalue weighted by Crippen LogP contribution is 2.56. The molecule has 0 bridgehead atoms. The van der Waals surface area contributed by atoms with E-state index in [1.165, 1.54) is 6.07 Å². The number of aliphatic hydroxyl groups excluding tert-OH is 1. The van der Waals surface area contributed by atoms with Crippen molar-refractivity contribution < 1.29 is 67.7 Å². The van der Waals surface area contributed by atoms with E-state index in [0.29, 0.717) is 0 Å². The number of Topliss-reactive ketones (excluding diaryl/α,β-unsaturated/α-hetero) is 1. The Bertz CT molecular complexity index is 2230. The first-order valence-corrected chi connectivity index (χ1v) is 14.5. The van der Waals surface area contributed by atoms with Gasteiger partial charge in [-0.1, -0.05) is 12.1 Å². The maximum Gasteiger partial charge on any atom is 0.344 e. The largest absolute Gasteiger partial charge is 0.458 e. The molecule has 0 heterocycles. The highest BCUT2D eigenvalue weighted by atomic mass is 19.3. The number of fused-ring (bicyclic) bond motifs is 2. The number of hydrogen-bond acceptors (Lipinski definition) is 5. The van der Waals surface area contributed by atoms with Crippen molar-refractivity contribution in [2.75, 3.05) is 0 Å². The summed E-state index contributed by atoms with van der Waals surface area (Å²) in [6.07, 6.45) is -15.5. The lowest BCUT2D eigenvalue weighted by molar-refractivity contribution is -0.143. The predicted octanol–water partition coefficient (Wildman–Crippen LogP) is 11.5. The van der Waals surface area contributed by atoms with Crippen LogP contribution in [0.4, 0.5) is 59.7 Å². The second-order valence-electron chi connectivity index (χ2n) is 11.2. The van der Waals surface area contributed by atoms with Crippen molar-refractivity contribution in [3.8, 4) is 29.1 Å². The van der Waals surface area contributed by atoms with Crippen LogP contribution in [-0.4, -0.2) is 22.7 Å². The molecule has 272 valence electrons. The summed E-state index contributed by atoms with van der Waals surface area (Å²) in [4.78, 5) is 17.9. The molecule has 0 amide bonds. The lowest BCUT2D eigenvalue weighted by Gasteiger charge is -2.18. The zero-order valence-electron chi connectivity index (χ0n) is 25.8.